The first kappa shape index (κ1) is 13.4. The quantitative estimate of drug-likeness (QED) is 0.719. The largest absolute Gasteiger partial charge is 0.394 e. The van der Waals surface area contributed by atoms with E-state index in [1.807, 2.05) is 0 Å². The van der Waals surface area contributed by atoms with Crippen LogP contribution in [-0.4, -0.2) is 49.8 Å². The summed E-state index contributed by atoms with van der Waals surface area (Å²) in [6.45, 7) is -0.482. The molecule has 0 aliphatic carbocycles. The van der Waals surface area contributed by atoms with Crippen LogP contribution in [0.25, 0.3) is 11.0 Å². The third kappa shape index (κ3) is 1.88. The van der Waals surface area contributed by atoms with Crippen molar-refractivity contribution in [2.75, 3.05) is 6.61 Å². The zero-order chi connectivity index (χ0) is 14.4. The molecule has 1 aromatic carbocycles. The maximum atomic E-state index is 13.6. The van der Waals surface area contributed by atoms with Gasteiger partial charge in [-0.3, -0.25) is 0 Å². The van der Waals surface area contributed by atoms with Crippen LogP contribution in [0.5, 0.6) is 0 Å². The molecule has 1 fully saturated rings. The van der Waals surface area contributed by atoms with Crippen LogP contribution in [0.3, 0.4) is 0 Å². The molecule has 1 aromatic heterocycles. The highest BCUT2D eigenvalue weighted by Gasteiger charge is 2.43. The molecule has 108 valence electrons. The molecule has 2 aromatic rings. The van der Waals surface area contributed by atoms with Gasteiger partial charge in [0.05, 0.1) is 18.5 Å². The highest BCUT2D eigenvalue weighted by atomic mass is 19.1. The minimum absolute atomic E-state index is 0.0656. The minimum Gasteiger partial charge on any atom is -0.394 e. The summed E-state index contributed by atoms with van der Waals surface area (Å²) in [7, 11) is 0. The van der Waals surface area contributed by atoms with Gasteiger partial charge in [0.25, 0.3) is 0 Å². The van der Waals surface area contributed by atoms with Crippen LogP contribution < -0.4 is 0 Å². The van der Waals surface area contributed by atoms with Crippen LogP contribution in [-0.2, 0) is 4.74 Å². The fourth-order valence-corrected chi connectivity index (χ4v) is 2.37. The number of rotatable bonds is 2. The van der Waals surface area contributed by atoms with Crippen molar-refractivity contribution < 1.29 is 28.8 Å². The van der Waals surface area contributed by atoms with E-state index in [0.29, 0.717) is 6.07 Å². The van der Waals surface area contributed by atoms with E-state index in [-0.39, 0.29) is 11.0 Å². The molecular formula is C12H12F2N2O4. The zero-order valence-electron chi connectivity index (χ0n) is 10.1. The number of aromatic nitrogens is 2. The van der Waals surface area contributed by atoms with Crippen LogP contribution in [0.2, 0.25) is 0 Å². The van der Waals surface area contributed by atoms with E-state index in [0.717, 1.165) is 6.07 Å². The van der Waals surface area contributed by atoms with Gasteiger partial charge in [-0.25, -0.2) is 13.8 Å². The van der Waals surface area contributed by atoms with Crippen LogP contribution in [0.4, 0.5) is 8.78 Å². The number of aliphatic hydroxyl groups excluding tert-OH is 3. The molecule has 0 radical (unpaired) electrons. The number of benzene rings is 1. The molecule has 1 saturated heterocycles. The Morgan fingerprint density at radius 1 is 1.25 bits per heavy atom. The maximum absolute atomic E-state index is 13.6. The molecule has 1 aliphatic heterocycles. The van der Waals surface area contributed by atoms with E-state index in [1.165, 1.54) is 10.9 Å². The molecule has 3 rings (SSSR count). The molecule has 6 nitrogen and oxygen atoms in total. The number of nitrogens with zero attached hydrogens (tertiary/aromatic N) is 2. The summed E-state index contributed by atoms with van der Waals surface area (Å²) in [4.78, 5) is 3.80. The number of imidazole rings is 1. The molecule has 0 saturated carbocycles. The van der Waals surface area contributed by atoms with Crippen molar-refractivity contribution in [2.45, 2.75) is 24.5 Å². The lowest BCUT2D eigenvalue weighted by atomic mass is 10.1. The van der Waals surface area contributed by atoms with Gasteiger partial charge in [-0.15, -0.1) is 0 Å². The molecule has 4 atom stereocenters. The summed E-state index contributed by atoms with van der Waals surface area (Å²) in [5.74, 6) is -1.62. The summed E-state index contributed by atoms with van der Waals surface area (Å²) in [5.41, 5.74) is 0.0291. The Labute approximate surface area is 111 Å². The van der Waals surface area contributed by atoms with E-state index in [4.69, 9.17) is 9.84 Å². The Morgan fingerprint density at radius 3 is 2.65 bits per heavy atom. The number of halogens is 2. The highest BCUT2D eigenvalue weighted by Crippen LogP contribution is 2.32. The van der Waals surface area contributed by atoms with Crippen molar-refractivity contribution in [1.29, 1.82) is 0 Å². The molecule has 0 spiro atoms. The van der Waals surface area contributed by atoms with Gasteiger partial charge in [0.15, 0.2) is 12.0 Å². The average molecular weight is 286 g/mol. The molecule has 2 heterocycles. The number of hydrogen-bond donors (Lipinski definition) is 3. The fraction of sp³-hybridized carbons (Fsp3) is 0.417. The SMILES string of the molecule is OC[C@H]1O[C@@H](n2cnc3c(F)cc(F)cc32)[C@H](O)[C@@H]1O. The molecule has 8 heteroatoms. The summed E-state index contributed by atoms with van der Waals surface area (Å²) in [5, 5.41) is 28.6. The first-order chi connectivity index (χ1) is 9.52. The second-order valence-corrected chi connectivity index (χ2v) is 4.64. The summed E-state index contributed by atoms with van der Waals surface area (Å²) >= 11 is 0. The van der Waals surface area contributed by atoms with Crippen molar-refractivity contribution in [3.05, 3.63) is 30.1 Å². The zero-order valence-corrected chi connectivity index (χ0v) is 10.1. The first-order valence-electron chi connectivity index (χ1n) is 5.97. The Balaban J connectivity index is 2.07. The van der Waals surface area contributed by atoms with Crippen molar-refractivity contribution in [3.63, 3.8) is 0 Å². The smallest absolute Gasteiger partial charge is 0.164 e. The van der Waals surface area contributed by atoms with Crippen LogP contribution in [0.1, 0.15) is 6.23 Å². The van der Waals surface area contributed by atoms with Gasteiger partial charge in [-0.05, 0) is 0 Å². The normalized spacial score (nSPS) is 30.2. The lowest BCUT2D eigenvalue weighted by Crippen LogP contribution is -2.33. The lowest BCUT2D eigenvalue weighted by Gasteiger charge is -2.17. The molecular weight excluding hydrogens is 274 g/mol. The average Bonchev–Trinajstić information content (AvgIpc) is 2.93. The van der Waals surface area contributed by atoms with Gasteiger partial charge in [0.2, 0.25) is 0 Å². The van der Waals surface area contributed by atoms with Gasteiger partial charge in [0.1, 0.15) is 29.6 Å². The summed E-state index contributed by atoms with van der Waals surface area (Å²) < 4.78 is 33.4. The van der Waals surface area contributed by atoms with E-state index in [9.17, 15) is 19.0 Å². The van der Waals surface area contributed by atoms with Gasteiger partial charge < -0.3 is 24.6 Å². The summed E-state index contributed by atoms with van der Waals surface area (Å²) in [6, 6.07) is 1.76. The molecule has 0 unspecified atom stereocenters. The first-order valence-corrected chi connectivity index (χ1v) is 5.97. The van der Waals surface area contributed by atoms with Crippen LogP contribution in [0, 0.1) is 11.6 Å². The predicted octanol–water partition coefficient (Wildman–Crippen LogP) is -0.0740. The predicted molar refractivity (Wildman–Crippen MR) is 62.7 cm³/mol. The Kier molecular flexibility index (Phi) is 3.17. The molecule has 0 amide bonds. The van der Waals surface area contributed by atoms with E-state index in [1.54, 1.807) is 0 Å². The van der Waals surface area contributed by atoms with Gasteiger partial charge in [-0.1, -0.05) is 0 Å². The van der Waals surface area contributed by atoms with Gasteiger partial charge in [-0.2, -0.15) is 0 Å². The highest BCUT2D eigenvalue weighted by molar-refractivity contribution is 5.76. The van der Waals surface area contributed by atoms with Crippen molar-refractivity contribution in [3.8, 4) is 0 Å². The van der Waals surface area contributed by atoms with Crippen molar-refractivity contribution >= 4 is 11.0 Å². The summed E-state index contributed by atoms with van der Waals surface area (Å²) in [6.07, 6.45) is -3.48. The minimum atomic E-state index is -1.34. The molecule has 20 heavy (non-hydrogen) atoms. The van der Waals surface area contributed by atoms with Gasteiger partial charge >= 0.3 is 0 Å². The van der Waals surface area contributed by atoms with E-state index >= 15 is 0 Å². The second kappa shape index (κ2) is 4.74. The molecule has 0 bridgehead atoms. The van der Waals surface area contributed by atoms with E-state index < -0.39 is 42.8 Å². The second-order valence-electron chi connectivity index (χ2n) is 4.64. The van der Waals surface area contributed by atoms with E-state index in [2.05, 4.69) is 4.98 Å². The third-order valence-corrected chi connectivity index (χ3v) is 3.39. The Morgan fingerprint density at radius 2 is 2.00 bits per heavy atom. The monoisotopic (exact) mass is 286 g/mol. The molecule has 3 N–H and O–H groups in total. The van der Waals surface area contributed by atoms with Crippen molar-refractivity contribution in [2.24, 2.45) is 0 Å². The topological polar surface area (TPSA) is 87.7 Å². The maximum Gasteiger partial charge on any atom is 0.164 e. The number of fused-ring (bicyclic) bond motifs is 1. The third-order valence-electron chi connectivity index (χ3n) is 3.39. The number of ether oxygens (including phenoxy) is 1. The standard InChI is InChI=1S/C12H12F2N2O4/c13-5-1-6(14)9-7(2-5)16(4-15-9)12-11(19)10(18)8(3-17)20-12/h1-2,4,8,10-12,17-19H,3H2/t8-,10-,11-,12-/m1/s1. The Bertz CT molecular complexity index is 648. The Hall–Kier alpha value is -1.61. The van der Waals surface area contributed by atoms with Crippen molar-refractivity contribution in [1.82, 2.24) is 9.55 Å². The molecule has 1 aliphatic rings. The van der Waals surface area contributed by atoms with Gasteiger partial charge in [0, 0.05) is 12.1 Å². The fourth-order valence-electron chi connectivity index (χ4n) is 2.37. The number of aliphatic hydroxyl groups is 3. The number of hydrogen-bond acceptors (Lipinski definition) is 5. The van der Waals surface area contributed by atoms with Crippen LogP contribution in [0.15, 0.2) is 18.5 Å². The van der Waals surface area contributed by atoms with Crippen LogP contribution >= 0.6 is 0 Å². The lowest BCUT2D eigenvalue weighted by molar-refractivity contribution is -0.0509.